The molecule has 0 aromatic rings. The average Bonchev–Trinajstić information content (AvgIpc) is 3.38. The van der Waals surface area contributed by atoms with Gasteiger partial charge in [0.2, 0.25) is 0 Å². The fourth-order valence-electron chi connectivity index (χ4n) is 14.3. The van der Waals surface area contributed by atoms with Crippen LogP contribution in [0.15, 0.2) is 12.2 Å². The number of nitrogens with zero attached hydrogens (tertiary/aromatic N) is 1. The predicted octanol–water partition coefficient (Wildman–Crippen LogP) is 8.74. The Hall–Kier alpha value is -1.40. The Kier molecular flexibility index (Phi) is 9.61. The summed E-state index contributed by atoms with van der Waals surface area (Å²) in [7, 11) is 0. The molecule has 0 spiro atoms. The molecule has 5 aliphatic carbocycles. The van der Waals surface area contributed by atoms with E-state index in [-0.39, 0.29) is 35.7 Å². The molecule has 0 amide bonds. The summed E-state index contributed by atoms with van der Waals surface area (Å²) in [6, 6.07) is 0. The van der Waals surface area contributed by atoms with Gasteiger partial charge in [-0.15, -0.1) is 0 Å². The van der Waals surface area contributed by atoms with Gasteiger partial charge in [-0.25, -0.2) is 0 Å². The van der Waals surface area contributed by atoms with Crippen LogP contribution in [-0.2, 0) is 14.3 Å². The molecule has 6 heteroatoms. The number of carbonyl (C=O) groups excluding carboxylic acids is 1. The first-order valence-corrected chi connectivity index (χ1v) is 19.9. The van der Waals surface area contributed by atoms with Gasteiger partial charge >= 0.3 is 11.9 Å². The molecule has 272 valence electrons. The van der Waals surface area contributed by atoms with Crippen molar-refractivity contribution < 1.29 is 19.4 Å². The predicted molar refractivity (Wildman–Crippen MR) is 193 cm³/mol. The number of fused-ring (bicyclic) bond motifs is 7. The number of rotatable bonds is 9. The van der Waals surface area contributed by atoms with E-state index in [1.54, 1.807) is 0 Å². The first kappa shape index (κ1) is 36.4. The number of carboxylic acids is 1. The quantitative estimate of drug-likeness (QED) is 0.189. The summed E-state index contributed by atoms with van der Waals surface area (Å²) in [5, 5.41) is 12.9. The van der Waals surface area contributed by atoms with Gasteiger partial charge in [-0.3, -0.25) is 9.59 Å². The molecule has 0 aromatic heterocycles. The number of hydrogen-bond donors (Lipinski definition) is 2. The average molecular weight is 667 g/mol. The molecule has 6 aliphatic rings. The van der Waals surface area contributed by atoms with E-state index in [0.29, 0.717) is 34.0 Å². The maximum Gasteiger partial charge on any atom is 0.306 e. The summed E-state index contributed by atoms with van der Waals surface area (Å²) in [5.41, 5.74) is 2.09. The number of esters is 1. The van der Waals surface area contributed by atoms with Gasteiger partial charge < -0.3 is 20.1 Å². The Bertz CT molecular complexity index is 1250. The second kappa shape index (κ2) is 12.7. The van der Waals surface area contributed by atoms with Gasteiger partial charge in [-0.1, -0.05) is 60.6 Å². The normalized spacial score (nSPS) is 44.1. The fourth-order valence-corrected chi connectivity index (χ4v) is 14.3. The van der Waals surface area contributed by atoms with Crippen LogP contribution in [0.4, 0.5) is 0 Å². The highest BCUT2D eigenvalue weighted by Gasteiger charge is 2.71. The molecule has 5 saturated carbocycles. The molecular formula is C42H70N2O4. The number of carboxylic acid groups (broad SMARTS) is 1. The molecular weight excluding hydrogens is 596 g/mol. The van der Waals surface area contributed by atoms with Crippen molar-refractivity contribution in [2.75, 3.05) is 32.7 Å². The topological polar surface area (TPSA) is 78.9 Å². The fraction of sp³-hybridized carbons (Fsp3) is 0.905. The molecule has 1 heterocycles. The molecule has 6 nitrogen and oxygen atoms in total. The van der Waals surface area contributed by atoms with Crippen LogP contribution in [0.5, 0.6) is 0 Å². The van der Waals surface area contributed by atoms with E-state index in [0.717, 1.165) is 37.8 Å². The highest BCUT2D eigenvalue weighted by Crippen LogP contribution is 2.78. The van der Waals surface area contributed by atoms with Crippen molar-refractivity contribution in [2.45, 2.75) is 145 Å². The third kappa shape index (κ3) is 5.93. The van der Waals surface area contributed by atoms with Gasteiger partial charge in [0.15, 0.2) is 0 Å². The Morgan fingerprint density at radius 2 is 1.58 bits per heavy atom. The maximum absolute atomic E-state index is 13.2. The second-order valence-electron chi connectivity index (χ2n) is 20.1. The summed E-state index contributed by atoms with van der Waals surface area (Å²) in [6.07, 6.45) is 14.1. The third-order valence-corrected chi connectivity index (χ3v) is 16.8. The van der Waals surface area contributed by atoms with Crippen LogP contribution in [0.2, 0.25) is 0 Å². The smallest absolute Gasteiger partial charge is 0.306 e. The minimum absolute atomic E-state index is 0.0257. The van der Waals surface area contributed by atoms with Gasteiger partial charge in [-0.05, 0) is 141 Å². The lowest BCUT2D eigenvalue weighted by Gasteiger charge is -2.73. The molecule has 0 aromatic carbocycles. The van der Waals surface area contributed by atoms with Crippen LogP contribution in [0.3, 0.4) is 0 Å². The monoisotopic (exact) mass is 667 g/mol. The first-order chi connectivity index (χ1) is 22.4. The molecule has 48 heavy (non-hydrogen) atoms. The molecule has 6 rings (SSSR count). The highest BCUT2D eigenvalue weighted by molar-refractivity contribution is 5.73. The third-order valence-electron chi connectivity index (χ3n) is 16.8. The van der Waals surface area contributed by atoms with E-state index in [9.17, 15) is 14.7 Å². The lowest BCUT2D eigenvalue weighted by molar-refractivity contribution is -0.250. The van der Waals surface area contributed by atoms with Crippen molar-refractivity contribution >= 4 is 11.9 Å². The van der Waals surface area contributed by atoms with E-state index in [2.05, 4.69) is 58.3 Å². The Morgan fingerprint density at radius 3 is 2.25 bits per heavy atom. The minimum atomic E-state index is -0.864. The molecule has 0 unspecified atom stereocenters. The summed E-state index contributed by atoms with van der Waals surface area (Å²) in [4.78, 5) is 27.3. The highest BCUT2D eigenvalue weighted by atomic mass is 16.5. The summed E-state index contributed by atoms with van der Waals surface area (Å²) in [5.74, 6) is 2.33. The van der Waals surface area contributed by atoms with E-state index >= 15 is 0 Å². The van der Waals surface area contributed by atoms with E-state index in [1.165, 1.54) is 83.0 Å². The van der Waals surface area contributed by atoms with Crippen molar-refractivity contribution in [3.05, 3.63) is 12.2 Å². The van der Waals surface area contributed by atoms with Crippen LogP contribution >= 0.6 is 0 Å². The zero-order valence-electron chi connectivity index (χ0n) is 32.0. The van der Waals surface area contributed by atoms with Crippen molar-refractivity contribution in [3.63, 3.8) is 0 Å². The lowest BCUT2D eigenvalue weighted by Crippen LogP contribution is -2.66. The standard InChI is InChI=1S/C42H70N2O4/c1-28(2)29-12-17-42(20-23-44-24-21-43-22-25-44)19-18-40(8)30(36(29)42)10-11-32-39(7)15-14-33(38(5,6)31(39)13-16-41(32,40)9)48-35(47)27-37(3,4)26-34(45)46/h29-33,36,43H,1,10-27H2,2-9H3,(H,45,46)/t29-,30+,31-,32+,33-,36+,39-,40+,41+,42+/m0/s1. The van der Waals surface area contributed by atoms with E-state index < -0.39 is 11.4 Å². The summed E-state index contributed by atoms with van der Waals surface area (Å²) >= 11 is 0. The van der Waals surface area contributed by atoms with Crippen LogP contribution in [-0.4, -0.2) is 60.8 Å². The number of nitrogens with one attached hydrogen (secondary N) is 1. The van der Waals surface area contributed by atoms with Gasteiger partial charge in [0.25, 0.3) is 0 Å². The number of carbonyl (C=O) groups is 2. The number of ether oxygens (including phenoxy) is 1. The Morgan fingerprint density at radius 1 is 0.875 bits per heavy atom. The molecule has 1 aliphatic heterocycles. The van der Waals surface area contributed by atoms with Crippen molar-refractivity contribution in [3.8, 4) is 0 Å². The second-order valence-corrected chi connectivity index (χ2v) is 20.1. The zero-order chi connectivity index (χ0) is 34.9. The largest absolute Gasteiger partial charge is 0.481 e. The van der Waals surface area contributed by atoms with Crippen molar-refractivity contribution in [2.24, 2.45) is 62.1 Å². The minimum Gasteiger partial charge on any atom is -0.481 e. The Labute approximate surface area is 293 Å². The van der Waals surface area contributed by atoms with Crippen LogP contribution in [0.25, 0.3) is 0 Å². The van der Waals surface area contributed by atoms with Gasteiger partial charge in [-0.2, -0.15) is 0 Å². The van der Waals surface area contributed by atoms with Crippen LogP contribution in [0.1, 0.15) is 139 Å². The van der Waals surface area contributed by atoms with Crippen LogP contribution < -0.4 is 5.32 Å². The summed E-state index contributed by atoms with van der Waals surface area (Å²) in [6.45, 7) is 29.5. The number of allylic oxidation sites excluding steroid dienone is 1. The molecule has 0 radical (unpaired) electrons. The first-order valence-electron chi connectivity index (χ1n) is 19.9. The van der Waals surface area contributed by atoms with E-state index in [4.69, 9.17) is 4.74 Å². The molecule has 6 fully saturated rings. The Balaban J connectivity index is 1.22. The van der Waals surface area contributed by atoms with Crippen molar-refractivity contribution in [1.29, 1.82) is 0 Å². The zero-order valence-corrected chi connectivity index (χ0v) is 32.0. The summed E-state index contributed by atoms with van der Waals surface area (Å²) < 4.78 is 6.30. The van der Waals surface area contributed by atoms with Crippen LogP contribution in [0, 0.1) is 62.1 Å². The van der Waals surface area contributed by atoms with E-state index in [1.807, 2.05) is 13.8 Å². The molecule has 1 saturated heterocycles. The number of aliphatic carboxylic acids is 1. The number of hydrogen-bond acceptors (Lipinski definition) is 5. The van der Waals surface area contributed by atoms with Crippen molar-refractivity contribution in [1.82, 2.24) is 10.2 Å². The molecule has 10 atom stereocenters. The van der Waals surface area contributed by atoms with Gasteiger partial charge in [0.1, 0.15) is 6.10 Å². The molecule has 2 N–H and O–H groups in total. The molecule has 0 bridgehead atoms. The number of piperazine rings is 1. The lowest BCUT2D eigenvalue weighted by atomic mass is 9.32. The maximum atomic E-state index is 13.2. The SMILES string of the molecule is C=C(C)[C@@H]1CC[C@]2(CCN3CCNCC3)CC[C@]3(C)[C@H](CC[C@@H]4[C@@]5(C)CC[C@H](OC(=O)CC(C)(C)CC(=O)O)C(C)(C)[C@@H]5CC[C@]43C)[C@@H]12. The van der Waals surface area contributed by atoms with Gasteiger partial charge in [0.05, 0.1) is 12.8 Å². The van der Waals surface area contributed by atoms with Gasteiger partial charge in [0, 0.05) is 31.6 Å².